The molecule has 0 fully saturated rings. The van der Waals surface area contributed by atoms with E-state index < -0.39 is 6.10 Å². The molecule has 1 amide bonds. The van der Waals surface area contributed by atoms with Crippen molar-refractivity contribution in [3.05, 3.63) is 69.7 Å². The van der Waals surface area contributed by atoms with Crippen molar-refractivity contribution in [1.82, 2.24) is 4.98 Å². The Labute approximate surface area is 160 Å². The minimum absolute atomic E-state index is 0.200. The van der Waals surface area contributed by atoms with Crippen molar-refractivity contribution in [1.29, 1.82) is 0 Å². The number of fused-ring (bicyclic) bond motifs is 1. The first kappa shape index (κ1) is 17.2. The minimum atomic E-state index is -0.867. The number of amides is 1. The number of anilines is 1. The van der Waals surface area contributed by atoms with Crippen LogP contribution in [0.25, 0.3) is 11.6 Å². The van der Waals surface area contributed by atoms with E-state index in [0.29, 0.717) is 28.3 Å². The number of hydrogen-bond donors (Lipinski definition) is 3. The number of aliphatic hydroxyl groups excluding tert-OH is 1. The fourth-order valence-electron chi connectivity index (χ4n) is 2.95. The zero-order valence-electron chi connectivity index (χ0n) is 14.4. The van der Waals surface area contributed by atoms with Gasteiger partial charge in [-0.05, 0) is 41.1 Å². The van der Waals surface area contributed by atoms with Gasteiger partial charge in [0.25, 0.3) is 5.91 Å². The number of rotatable bonds is 3. The number of aromatic amines is 1. The van der Waals surface area contributed by atoms with Crippen LogP contribution in [0.2, 0.25) is 0 Å². The first-order chi connectivity index (χ1) is 13.2. The number of aliphatic hydroxyl groups is 1. The molecule has 4 rings (SSSR count). The second-order valence-electron chi connectivity index (χ2n) is 5.93. The van der Waals surface area contributed by atoms with E-state index in [1.807, 2.05) is 35.0 Å². The summed E-state index contributed by atoms with van der Waals surface area (Å²) in [6.45, 7) is 0. The summed E-state index contributed by atoms with van der Waals surface area (Å²) in [4.78, 5) is 15.6. The molecule has 0 spiro atoms. The van der Waals surface area contributed by atoms with E-state index in [0.717, 1.165) is 11.1 Å². The summed E-state index contributed by atoms with van der Waals surface area (Å²) >= 11 is 1.51. The lowest BCUT2D eigenvalue weighted by Crippen LogP contribution is -2.03. The summed E-state index contributed by atoms with van der Waals surface area (Å²) in [6.07, 6.45) is 2.63. The molecule has 0 bridgehead atoms. The van der Waals surface area contributed by atoms with E-state index in [-0.39, 0.29) is 5.91 Å². The van der Waals surface area contributed by atoms with E-state index in [4.69, 9.17) is 4.74 Å². The molecule has 0 aliphatic carbocycles. The molecule has 3 aromatic rings. The van der Waals surface area contributed by atoms with Gasteiger partial charge in [0.15, 0.2) is 0 Å². The van der Waals surface area contributed by atoms with Gasteiger partial charge in [0, 0.05) is 22.9 Å². The third kappa shape index (κ3) is 3.26. The second-order valence-corrected chi connectivity index (χ2v) is 6.71. The fraction of sp³-hybridized carbons (Fsp3) is 0.0952. The lowest BCUT2D eigenvalue weighted by Gasteiger charge is -2.04. The second kappa shape index (κ2) is 7.16. The van der Waals surface area contributed by atoms with Crippen LogP contribution in [0.5, 0.6) is 5.75 Å². The summed E-state index contributed by atoms with van der Waals surface area (Å²) in [5, 5.41) is 16.8. The highest BCUT2D eigenvalue weighted by Crippen LogP contribution is 2.36. The number of ether oxygens (including phenoxy) is 1. The van der Waals surface area contributed by atoms with E-state index >= 15 is 0 Å². The Morgan fingerprint density at radius 3 is 2.96 bits per heavy atom. The highest BCUT2D eigenvalue weighted by molar-refractivity contribution is 7.08. The molecular weight excluding hydrogens is 360 g/mol. The fourth-order valence-corrected chi connectivity index (χ4v) is 3.63. The van der Waals surface area contributed by atoms with E-state index in [1.54, 1.807) is 25.4 Å². The van der Waals surface area contributed by atoms with Gasteiger partial charge in [-0.2, -0.15) is 11.3 Å². The van der Waals surface area contributed by atoms with Crippen molar-refractivity contribution < 1.29 is 14.6 Å². The van der Waals surface area contributed by atoms with Gasteiger partial charge in [-0.1, -0.05) is 17.9 Å². The molecule has 134 valence electrons. The van der Waals surface area contributed by atoms with Crippen molar-refractivity contribution >= 4 is 34.6 Å². The number of carbonyl (C=O) groups excluding carboxylic acids is 1. The normalized spacial score (nSPS) is 15.0. The maximum atomic E-state index is 12.5. The Balaban J connectivity index is 1.76. The van der Waals surface area contributed by atoms with Gasteiger partial charge in [-0.15, -0.1) is 0 Å². The molecule has 1 aliphatic heterocycles. The zero-order chi connectivity index (χ0) is 18.8. The van der Waals surface area contributed by atoms with Crippen LogP contribution < -0.4 is 10.1 Å². The molecule has 0 saturated carbocycles. The summed E-state index contributed by atoms with van der Waals surface area (Å²) in [7, 11) is 1.58. The predicted molar refractivity (Wildman–Crippen MR) is 106 cm³/mol. The van der Waals surface area contributed by atoms with Crippen molar-refractivity contribution in [3.63, 3.8) is 0 Å². The van der Waals surface area contributed by atoms with Crippen molar-refractivity contribution in [2.45, 2.75) is 6.10 Å². The number of H-pyrrole nitrogens is 1. The average molecular weight is 376 g/mol. The SMILES string of the molecule is COc1cc[nH]c1/C=C1\C(=O)Nc2cccc(C#CC(O)c3ccsc3)c21. The average Bonchev–Trinajstić information content (AvgIpc) is 3.40. The van der Waals surface area contributed by atoms with Gasteiger partial charge in [-0.25, -0.2) is 0 Å². The standard InChI is InChI=1S/C21H16N2O3S/c1-26-19-7-9-22-17(19)11-15-20-13(3-2-4-16(20)23-21(15)25)5-6-18(24)14-8-10-27-12-14/h2-4,7-12,18,22,24H,1H3,(H,23,25)/b15-11-. The third-order valence-corrected chi connectivity index (χ3v) is 4.98. The number of nitrogens with one attached hydrogen (secondary N) is 2. The molecule has 1 aromatic carbocycles. The van der Waals surface area contributed by atoms with Crippen LogP contribution in [0.4, 0.5) is 5.69 Å². The van der Waals surface area contributed by atoms with E-state index in [1.165, 1.54) is 11.3 Å². The van der Waals surface area contributed by atoms with Crippen molar-refractivity contribution in [2.24, 2.45) is 0 Å². The molecule has 5 nitrogen and oxygen atoms in total. The highest BCUT2D eigenvalue weighted by Gasteiger charge is 2.27. The quantitative estimate of drug-likeness (QED) is 0.482. The molecule has 0 radical (unpaired) electrons. The van der Waals surface area contributed by atoms with Crippen LogP contribution in [-0.2, 0) is 4.79 Å². The van der Waals surface area contributed by atoms with Crippen LogP contribution in [0.1, 0.15) is 28.5 Å². The van der Waals surface area contributed by atoms with Crippen molar-refractivity contribution in [2.75, 3.05) is 12.4 Å². The van der Waals surface area contributed by atoms with Gasteiger partial charge in [0.2, 0.25) is 0 Å². The van der Waals surface area contributed by atoms with Crippen LogP contribution in [0.3, 0.4) is 0 Å². The topological polar surface area (TPSA) is 74.4 Å². The Bertz CT molecular complexity index is 1080. The van der Waals surface area contributed by atoms with Crippen molar-refractivity contribution in [3.8, 4) is 17.6 Å². The van der Waals surface area contributed by atoms with Crippen LogP contribution in [0, 0.1) is 11.8 Å². The number of hydrogen-bond acceptors (Lipinski definition) is 4. The highest BCUT2D eigenvalue weighted by atomic mass is 32.1. The monoisotopic (exact) mass is 376 g/mol. The number of benzene rings is 1. The molecule has 1 aliphatic rings. The smallest absolute Gasteiger partial charge is 0.256 e. The van der Waals surface area contributed by atoms with Gasteiger partial charge >= 0.3 is 0 Å². The summed E-state index contributed by atoms with van der Waals surface area (Å²) in [6, 6.07) is 9.14. The van der Waals surface area contributed by atoms with Crippen LogP contribution in [-0.4, -0.2) is 23.1 Å². The number of carbonyl (C=O) groups is 1. The molecule has 0 saturated heterocycles. The molecule has 3 heterocycles. The lowest BCUT2D eigenvalue weighted by molar-refractivity contribution is -0.110. The third-order valence-electron chi connectivity index (χ3n) is 4.28. The van der Waals surface area contributed by atoms with Gasteiger partial charge < -0.3 is 20.1 Å². The molecule has 3 N–H and O–H groups in total. The Kier molecular flexibility index (Phi) is 4.55. The first-order valence-corrected chi connectivity index (χ1v) is 9.21. The first-order valence-electron chi connectivity index (χ1n) is 8.27. The molecule has 6 heteroatoms. The van der Waals surface area contributed by atoms with Crippen LogP contribution >= 0.6 is 11.3 Å². The zero-order valence-corrected chi connectivity index (χ0v) is 15.3. The maximum absolute atomic E-state index is 12.5. The predicted octanol–water partition coefficient (Wildman–Crippen LogP) is 3.66. The maximum Gasteiger partial charge on any atom is 0.256 e. The Morgan fingerprint density at radius 1 is 1.30 bits per heavy atom. The van der Waals surface area contributed by atoms with Gasteiger partial charge in [-0.3, -0.25) is 4.79 Å². The molecule has 1 atom stereocenters. The molecule has 1 unspecified atom stereocenters. The summed E-state index contributed by atoms with van der Waals surface area (Å²) < 4.78 is 5.30. The van der Waals surface area contributed by atoms with E-state index in [2.05, 4.69) is 22.1 Å². The molecular formula is C21H16N2O3S. The number of thiophene rings is 1. The van der Waals surface area contributed by atoms with Gasteiger partial charge in [0.05, 0.1) is 24.1 Å². The Hall–Kier alpha value is -3.27. The molecule has 27 heavy (non-hydrogen) atoms. The molecule has 2 aromatic heterocycles. The Morgan fingerprint density at radius 2 is 2.19 bits per heavy atom. The van der Waals surface area contributed by atoms with E-state index in [9.17, 15) is 9.90 Å². The number of methoxy groups -OCH3 is 1. The van der Waals surface area contributed by atoms with Gasteiger partial charge in [0.1, 0.15) is 11.9 Å². The van der Waals surface area contributed by atoms with Crippen LogP contribution in [0.15, 0.2) is 47.3 Å². The summed E-state index contributed by atoms with van der Waals surface area (Å²) in [5.41, 5.74) is 4.08. The summed E-state index contributed by atoms with van der Waals surface area (Å²) in [5.74, 6) is 6.34. The number of aromatic nitrogens is 1. The minimum Gasteiger partial charge on any atom is -0.495 e. The largest absolute Gasteiger partial charge is 0.495 e. The lowest BCUT2D eigenvalue weighted by atomic mass is 9.99.